The summed E-state index contributed by atoms with van der Waals surface area (Å²) in [5.74, 6) is 0.679. The number of nitrogens with one attached hydrogen (secondary N) is 1. The van der Waals surface area contributed by atoms with E-state index in [1.54, 1.807) is 0 Å². The van der Waals surface area contributed by atoms with E-state index in [-0.39, 0.29) is 0 Å². The highest BCUT2D eigenvalue weighted by Crippen LogP contribution is 2.31. The second-order valence-corrected chi connectivity index (χ2v) is 8.27. The lowest BCUT2D eigenvalue weighted by Gasteiger charge is -2.36. The third-order valence-electron chi connectivity index (χ3n) is 6.11. The first-order chi connectivity index (χ1) is 13.6. The maximum absolute atomic E-state index is 6.09. The van der Waals surface area contributed by atoms with Gasteiger partial charge in [0.15, 0.2) is 0 Å². The fraction of sp³-hybridized carbons (Fsp3) is 0.375. The summed E-state index contributed by atoms with van der Waals surface area (Å²) in [4.78, 5) is 7.05. The minimum atomic E-state index is 0.679. The van der Waals surface area contributed by atoms with Crippen LogP contribution in [0.2, 0.25) is 5.02 Å². The minimum Gasteiger partial charge on any atom is -0.355 e. The molecule has 1 N–H and O–H groups in total. The number of pyridine rings is 1. The Balaban J connectivity index is 1.45. The molecule has 0 radical (unpaired) electrons. The van der Waals surface area contributed by atoms with E-state index in [9.17, 15) is 0 Å². The van der Waals surface area contributed by atoms with Crippen molar-refractivity contribution in [2.75, 3.05) is 18.4 Å². The van der Waals surface area contributed by atoms with Gasteiger partial charge in [0.25, 0.3) is 0 Å². The number of halogens is 1. The number of nitrogens with zero attached hydrogens (tertiary/aromatic N) is 2. The highest BCUT2D eigenvalue weighted by atomic mass is 35.5. The van der Waals surface area contributed by atoms with Crippen molar-refractivity contribution in [2.24, 2.45) is 0 Å². The minimum absolute atomic E-state index is 0.679. The lowest BCUT2D eigenvalue weighted by molar-refractivity contribution is 0.158. The zero-order valence-corrected chi connectivity index (χ0v) is 17.4. The Morgan fingerprint density at radius 2 is 1.86 bits per heavy atom. The predicted molar refractivity (Wildman–Crippen MR) is 120 cm³/mol. The molecule has 3 nitrogen and oxygen atoms in total. The van der Waals surface area contributed by atoms with Crippen LogP contribution < -0.4 is 5.32 Å². The molecule has 28 heavy (non-hydrogen) atoms. The molecule has 1 saturated heterocycles. The molecule has 0 bridgehead atoms. The highest BCUT2D eigenvalue weighted by Gasteiger charge is 2.22. The Bertz CT molecular complexity index is 930. The molecule has 2 heterocycles. The Morgan fingerprint density at radius 1 is 1.11 bits per heavy atom. The van der Waals surface area contributed by atoms with Gasteiger partial charge in [-0.15, -0.1) is 0 Å². The number of likely N-dealkylation sites (tertiary alicyclic amines) is 1. The van der Waals surface area contributed by atoms with Gasteiger partial charge in [0.05, 0.1) is 5.52 Å². The average molecular weight is 394 g/mol. The van der Waals surface area contributed by atoms with E-state index in [2.05, 4.69) is 53.3 Å². The number of anilines is 2. The standard InChI is InChI=1S/C24H28ClN3/c1-3-17(2)28-14-11-19(12-15-28)18-4-7-21(8-5-18)27-23-10-13-26-24-16-20(25)6-9-22(23)24/h4-10,13,16-17,19H,3,11-12,14-15H2,1-2H3,(H,26,27). The van der Waals surface area contributed by atoms with Crippen LogP contribution in [-0.2, 0) is 0 Å². The predicted octanol–water partition coefficient (Wildman–Crippen LogP) is 6.61. The van der Waals surface area contributed by atoms with E-state index in [1.807, 2.05) is 30.5 Å². The number of rotatable bonds is 5. The van der Waals surface area contributed by atoms with Gasteiger partial charge in [-0.25, -0.2) is 0 Å². The first-order valence-electron chi connectivity index (χ1n) is 10.3. The number of benzene rings is 2. The molecule has 146 valence electrons. The maximum Gasteiger partial charge on any atom is 0.0737 e. The quantitative estimate of drug-likeness (QED) is 0.528. The van der Waals surface area contributed by atoms with Gasteiger partial charge in [0.2, 0.25) is 0 Å². The second-order valence-electron chi connectivity index (χ2n) is 7.83. The lowest BCUT2D eigenvalue weighted by Crippen LogP contribution is -2.39. The zero-order valence-electron chi connectivity index (χ0n) is 16.7. The number of aromatic nitrogens is 1. The fourth-order valence-electron chi connectivity index (χ4n) is 4.16. The van der Waals surface area contributed by atoms with Crippen molar-refractivity contribution in [1.82, 2.24) is 9.88 Å². The van der Waals surface area contributed by atoms with E-state index in [0.717, 1.165) is 22.3 Å². The molecule has 2 aromatic carbocycles. The maximum atomic E-state index is 6.09. The average Bonchev–Trinajstić information content (AvgIpc) is 2.74. The fourth-order valence-corrected chi connectivity index (χ4v) is 4.32. The van der Waals surface area contributed by atoms with Crippen LogP contribution in [0.4, 0.5) is 11.4 Å². The molecule has 0 aliphatic carbocycles. The molecular weight excluding hydrogens is 366 g/mol. The smallest absolute Gasteiger partial charge is 0.0737 e. The molecule has 1 aromatic heterocycles. The summed E-state index contributed by atoms with van der Waals surface area (Å²) < 4.78 is 0. The van der Waals surface area contributed by atoms with Crippen LogP contribution in [0.25, 0.3) is 10.9 Å². The molecule has 4 heteroatoms. The van der Waals surface area contributed by atoms with Gasteiger partial charge in [0.1, 0.15) is 0 Å². The normalized spacial score (nSPS) is 17.0. The van der Waals surface area contributed by atoms with Crippen molar-refractivity contribution in [3.05, 3.63) is 65.3 Å². The Morgan fingerprint density at radius 3 is 2.57 bits per heavy atom. The number of hydrogen-bond donors (Lipinski definition) is 1. The number of fused-ring (bicyclic) bond motifs is 1. The molecule has 1 aliphatic heterocycles. The van der Waals surface area contributed by atoms with Gasteiger partial charge in [0, 0.05) is 34.0 Å². The van der Waals surface area contributed by atoms with E-state index >= 15 is 0 Å². The van der Waals surface area contributed by atoms with Crippen LogP contribution in [0.3, 0.4) is 0 Å². The molecule has 1 aliphatic rings. The van der Waals surface area contributed by atoms with E-state index < -0.39 is 0 Å². The Labute approximate surface area is 172 Å². The van der Waals surface area contributed by atoms with Crippen LogP contribution in [-0.4, -0.2) is 29.0 Å². The van der Waals surface area contributed by atoms with Gasteiger partial charge in [-0.05, 0) is 87.2 Å². The summed E-state index contributed by atoms with van der Waals surface area (Å²) >= 11 is 6.09. The van der Waals surface area contributed by atoms with Crippen LogP contribution in [0, 0.1) is 0 Å². The molecular formula is C24H28ClN3. The van der Waals surface area contributed by atoms with Crippen molar-refractivity contribution in [1.29, 1.82) is 0 Å². The molecule has 3 aromatic rings. The third kappa shape index (κ3) is 4.16. The number of piperidine rings is 1. The van der Waals surface area contributed by atoms with Crippen LogP contribution >= 0.6 is 11.6 Å². The van der Waals surface area contributed by atoms with Crippen molar-refractivity contribution in [3.63, 3.8) is 0 Å². The summed E-state index contributed by atoms with van der Waals surface area (Å²) in [5, 5.41) is 5.32. The topological polar surface area (TPSA) is 28.2 Å². The number of hydrogen-bond acceptors (Lipinski definition) is 3. The highest BCUT2D eigenvalue weighted by molar-refractivity contribution is 6.31. The Hall–Kier alpha value is -2.10. The first kappa shape index (κ1) is 19.2. The van der Waals surface area contributed by atoms with Crippen molar-refractivity contribution >= 4 is 33.9 Å². The first-order valence-corrected chi connectivity index (χ1v) is 10.7. The van der Waals surface area contributed by atoms with Crippen LogP contribution in [0.5, 0.6) is 0 Å². The molecule has 0 spiro atoms. The lowest BCUT2D eigenvalue weighted by atomic mass is 9.88. The van der Waals surface area contributed by atoms with E-state index in [0.29, 0.717) is 17.0 Å². The molecule has 0 saturated carbocycles. The summed E-state index contributed by atoms with van der Waals surface area (Å²) in [6.45, 7) is 7.05. The third-order valence-corrected chi connectivity index (χ3v) is 6.34. The van der Waals surface area contributed by atoms with Gasteiger partial charge >= 0.3 is 0 Å². The molecule has 1 atom stereocenters. The van der Waals surface area contributed by atoms with E-state index in [4.69, 9.17) is 11.6 Å². The summed E-state index contributed by atoms with van der Waals surface area (Å²) in [6.07, 6.45) is 5.57. The Kier molecular flexibility index (Phi) is 5.84. The molecule has 0 amide bonds. The van der Waals surface area contributed by atoms with Gasteiger partial charge in [-0.1, -0.05) is 30.7 Å². The monoisotopic (exact) mass is 393 g/mol. The van der Waals surface area contributed by atoms with Gasteiger partial charge in [-0.2, -0.15) is 0 Å². The summed E-state index contributed by atoms with van der Waals surface area (Å²) in [6, 6.07) is 17.5. The van der Waals surface area contributed by atoms with Crippen molar-refractivity contribution in [2.45, 2.75) is 45.1 Å². The summed E-state index contributed by atoms with van der Waals surface area (Å²) in [7, 11) is 0. The largest absolute Gasteiger partial charge is 0.355 e. The van der Waals surface area contributed by atoms with E-state index in [1.165, 1.54) is 37.9 Å². The summed E-state index contributed by atoms with van der Waals surface area (Å²) in [5.41, 5.74) is 4.52. The van der Waals surface area contributed by atoms with Gasteiger partial charge in [-0.3, -0.25) is 4.98 Å². The van der Waals surface area contributed by atoms with Crippen LogP contribution in [0.1, 0.15) is 44.6 Å². The second kappa shape index (κ2) is 8.50. The van der Waals surface area contributed by atoms with Crippen molar-refractivity contribution < 1.29 is 0 Å². The van der Waals surface area contributed by atoms with Crippen LogP contribution in [0.15, 0.2) is 54.7 Å². The molecule has 4 rings (SSSR count). The molecule has 1 fully saturated rings. The van der Waals surface area contributed by atoms with Gasteiger partial charge < -0.3 is 10.2 Å². The molecule has 1 unspecified atom stereocenters. The zero-order chi connectivity index (χ0) is 19.5. The van der Waals surface area contributed by atoms with Crippen molar-refractivity contribution in [3.8, 4) is 0 Å². The SMILES string of the molecule is CCC(C)N1CCC(c2ccc(Nc3ccnc4cc(Cl)ccc34)cc2)CC1.